The van der Waals surface area contributed by atoms with Crippen molar-refractivity contribution in [3.8, 4) is 0 Å². The summed E-state index contributed by atoms with van der Waals surface area (Å²) in [6.07, 6.45) is -0.347. The molecular formula is C11H17BrN2OS. The van der Waals surface area contributed by atoms with E-state index in [1.807, 2.05) is 12.1 Å². The molecule has 0 aliphatic carbocycles. The van der Waals surface area contributed by atoms with E-state index < -0.39 is 0 Å². The fourth-order valence-corrected chi connectivity index (χ4v) is 3.27. The molecule has 1 fully saturated rings. The molecule has 0 bridgehead atoms. The van der Waals surface area contributed by atoms with Gasteiger partial charge >= 0.3 is 0 Å². The maximum absolute atomic E-state index is 10.1. The van der Waals surface area contributed by atoms with Crippen LogP contribution in [0.3, 0.4) is 0 Å². The van der Waals surface area contributed by atoms with E-state index in [9.17, 15) is 5.11 Å². The minimum atomic E-state index is -0.347. The first-order valence-electron chi connectivity index (χ1n) is 5.49. The van der Waals surface area contributed by atoms with Gasteiger partial charge in [-0.2, -0.15) is 0 Å². The monoisotopic (exact) mass is 304 g/mol. The van der Waals surface area contributed by atoms with Crippen LogP contribution in [0.1, 0.15) is 11.0 Å². The third kappa shape index (κ3) is 3.28. The van der Waals surface area contributed by atoms with Crippen LogP contribution in [0.15, 0.2) is 15.9 Å². The molecule has 3 nitrogen and oxygen atoms in total. The summed E-state index contributed by atoms with van der Waals surface area (Å²) < 4.78 is 1.08. The molecule has 1 saturated heterocycles. The summed E-state index contributed by atoms with van der Waals surface area (Å²) in [5.41, 5.74) is 0. The maximum atomic E-state index is 10.1. The minimum absolute atomic E-state index is 0.347. The quantitative estimate of drug-likeness (QED) is 0.922. The predicted molar refractivity (Wildman–Crippen MR) is 70.9 cm³/mol. The second kappa shape index (κ2) is 5.60. The highest BCUT2D eigenvalue weighted by Gasteiger charge is 2.18. The summed E-state index contributed by atoms with van der Waals surface area (Å²) in [4.78, 5) is 5.70. The van der Waals surface area contributed by atoms with Crippen LogP contribution >= 0.6 is 27.3 Å². The van der Waals surface area contributed by atoms with E-state index in [2.05, 4.69) is 32.8 Å². The molecule has 2 heterocycles. The molecule has 1 aliphatic heterocycles. The number of hydrogen-bond donors (Lipinski definition) is 1. The first-order chi connectivity index (χ1) is 7.65. The third-order valence-electron chi connectivity index (χ3n) is 2.95. The SMILES string of the molecule is CN1CCN(CC(O)c2ccc(Br)s2)CC1. The first-order valence-corrected chi connectivity index (χ1v) is 7.10. The molecule has 0 radical (unpaired) electrons. The molecule has 0 spiro atoms. The molecule has 0 amide bonds. The van der Waals surface area contributed by atoms with Crippen LogP contribution in [-0.4, -0.2) is 54.7 Å². The molecule has 1 unspecified atom stereocenters. The van der Waals surface area contributed by atoms with Crippen LogP contribution in [0, 0.1) is 0 Å². The highest BCUT2D eigenvalue weighted by molar-refractivity contribution is 9.11. The zero-order chi connectivity index (χ0) is 11.5. The van der Waals surface area contributed by atoms with Crippen LogP contribution in [0.5, 0.6) is 0 Å². The fourth-order valence-electron chi connectivity index (χ4n) is 1.87. The van der Waals surface area contributed by atoms with E-state index in [4.69, 9.17) is 0 Å². The summed E-state index contributed by atoms with van der Waals surface area (Å²) in [5, 5.41) is 10.1. The van der Waals surface area contributed by atoms with Crippen molar-refractivity contribution in [1.82, 2.24) is 9.80 Å². The van der Waals surface area contributed by atoms with E-state index in [-0.39, 0.29) is 6.10 Å². The lowest BCUT2D eigenvalue weighted by Crippen LogP contribution is -2.45. The van der Waals surface area contributed by atoms with Crippen molar-refractivity contribution in [2.45, 2.75) is 6.10 Å². The van der Waals surface area contributed by atoms with Crippen molar-refractivity contribution in [2.24, 2.45) is 0 Å². The number of piperazine rings is 1. The second-order valence-electron chi connectivity index (χ2n) is 4.26. The van der Waals surface area contributed by atoms with Gasteiger partial charge < -0.3 is 10.0 Å². The van der Waals surface area contributed by atoms with Crippen molar-refractivity contribution in [3.63, 3.8) is 0 Å². The highest BCUT2D eigenvalue weighted by atomic mass is 79.9. The molecule has 2 rings (SSSR count). The zero-order valence-electron chi connectivity index (χ0n) is 9.40. The van der Waals surface area contributed by atoms with Crippen molar-refractivity contribution < 1.29 is 5.11 Å². The van der Waals surface area contributed by atoms with Gasteiger partial charge in [0.1, 0.15) is 6.10 Å². The van der Waals surface area contributed by atoms with Gasteiger partial charge in [0.15, 0.2) is 0 Å². The molecule has 1 aliphatic rings. The number of β-amino-alcohol motifs (C(OH)–C–C–N with tert-alkyl or cyclic N) is 1. The van der Waals surface area contributed by atoms with Crippen molar-refractivity contribution in [3.05, 3.63) is 20.8 Å². The summed E-state index contributed by atoms with van der Waals surface area (Å²) in [6.45, 7) is 5.06. The van der Waals surface area contributed by atoms with Crippen LogP contribution < -0.4 is 0 Å². The van der Waals surface area contributed by atoms with Gasteiger partial charge in [-0.15, -0.1) is 11.3 Å². The number of hydrogen-bond acceptors (Lipinski definition) is 4. The summed E-state index contributed by atoms with van der Waals surface area (Å²) in [7, 11) is 2.14. The van der Waals surface area contributed by atoms with Gasteiger partial charge in [0, 0.05) is 37.6 Å². The largest absolute Gasteiger partial charge is 0.386 e. The number of aliphatic hydroxyl groups excluding tert-OH is 1. The second-order valence-corrected chi connectivity index (χ2v) is 6.76. The standard InChI is InChI=1S/C11H17BrN2OS/c1-13-4-6-14(7-5-13)8-9(15)10-2-3-11(12)16-10/h2-3,9,15H,4-8H2,1H3. The van der Waals surface area contributed by atoms with Gasteiger partial charge in [-0.05, 0) is 35.1 Å². The van der Waals surface area contributed by atoms with Gasteiger partial charge in [0.25, 0.3) is 0 Å². The van der Waals surface area contributed by atoms with Crippen LogP contribution in [0.2, 0.25) is 0 Å². The Morgan fingerprint density at radius 2 is 2.06 bits per heavy atom. The Morgan fingerprint density at radius 1 is 1.38 bits per heavy atom. The van der Waals surface area contributed by atoms with E-state index >= 15 is 0 Å². The molecule has 5 heteroatoms. The fraction of sp³-hybridized carbons (Fsp3) is 0.636. The van der Waals surface area contributed by atoms with Crippen molar-refractivity contribution >= 4 is 27.3 Å². The minimum Gasteiger partial charge on any atom is -0.386 e. The maximum Gasteiger partial charge on any atom is 0.101 e. The molecule has 1 aromatic heterocycles. The number of thiophene rings is 1. The number of nitrogens with zero attached hydrogens (tertiary/aromatic N) is 2. The first kappa shape index (κ1) is 12.5. The lowest BCUT2D eigenvalue weighted by molar-refractivity contribution is 0.0823. The summed E-state index contributed by atoms with van der Waals surface area (Å²) in [5.74, 6) is 0. The number of halogens is 1. The van der Waals surface area contributed by atoms with Crippen LogP contribution in [0.4, 0.5) is 0 Å². The topological polar surface area (TPSA) is 26.7 Å². The molecule has 16 heavy (non-hydrogen) atoms. The van der Waals surface area contributed by atoms with Gasteiger partial charge in [-0.1, -0.05) is 0 Å². The van der Waals surface area contributed by atoms with Gasteiger partial charge in [0.05, 0.1) is 3.79 Å². The Morgan fingerprint density at radius 3 is 2.62 bits per heavy atom. The highest BCUT2D eigenvalue weighted by Crippen LogP contribution is 2.27. The number of rotatable bonds is 3. The van der Waals surface area contributed by atoms with Crippen LogP contribution in [0.25, 0.3) is 0 Å². The lowest BCUT2D eigenvalue weighted by Gasteiger charge is -2.33. The van der Waals surface area contributed by atoms with Crippen molar-refractivity contribution in [1.29, 1.82) is 0 Å². The van der Waals surface area contributed by atoms with Crippen molar-refractivity contribution in [2.75, 3.05) is 39.8 Å². The van der Waals surface area contributed by atoms with E-state index in [0.717, 1.165) is 41.4 Å². The summed E-state index contributed by atoms with van der Waals surface area (Å²) >= 11 is 5.04. The molecule has 0 saturated carbocycles. The van der Waals surface area contributed by atoms with Gasteiger partial charge in [0.2, 0.25) is 0 Å². The van der Waals surface area contributed by atoms with E-state index in [1.54, 1.807) is 11.3 Å². The zero-order valence-corrected chi connectivity index (χ0v) is 11.8. The Kier molecular flexibility index (Phi) is 4.38. The van der Waals surface area contributed by atoms with Gasteiger partial charge in [-0.25, -0.2) is 0 Å². The normalized spacial score (nSPS) is 21.2. The third-order valence-corrected chi connectivity index (χ3v) is 4.67. The summed E-state index contributed by atoms with van der Waals surface area (Å²) in [6, 6.07) is 3.99. The molecular weight excluding hydrogens is 288 g/mol. The average molecular weight is 305 g/mol. The number of aliphatic hydroxyl groups is 1. The lowest BCUT2D eigenvalue weighted by atomic mass is 10.2. The van der Waals surface area contributed by atoms with E-state index in [1.165, 1.54) is 0 Å². The van der Waals surface area contributed by atoms with Gasteiger partial charge in [-0.3, -0.25) is 4.90 Å². The molecule has 0 aromatic carbocycles. The Bertz CT molecular complexity index is 336. The number of likely N-dealkylation sites (N-methyl/N-ethyl adjacent to an activating group) is 1. The predicted octanol–water partition coefficient (Wildman–Crippen LogP) is 1.79. The molecule has 1 aromatic rings. The molecule has 1 N–H and O–H groups in total. The Hall–Kier alpha value is 0.0600. The molecule has 90 valence electrons. The average Bonchev–Trinajstić information content (AvgIpc) is 2.68. The smallest absolute Gasteiger partial charge is 0.101 e. The van der Waals surface area contributed by atoms with Crippen LogP contribution in [-0.2, 0) is 0 Å². The molecule has 1 atom stereocenters. The Balaban J connectivity index is 1.85. The Labute approximate surface area is 109 Å². The van der Waals surface area contributed by atoms with E-state index in [0.29, 0.717) is 0 Å².